The van der Waals surface area contributed by atoms with Crippen LogP contribution in [0.5, 0.6) is 0 Å². The van der Waals surface area contributed by atoms with Gasteiger partial charge in [-0.05, 0) is 32.1 Å². The van der Waals surface area contributed by atoms with Gasteiger partial charge in [0.1, 0.15) is 4.34 Å². The molecular formula is C18H33N5S2. The second-order valence-electron chi connectivity index (χ2n) is 6.87. The fourth-order valence-corrected chi connectivity index (χ4v) is 4.62. The molecule has 1 fully saturated rings. The van der Waals surface area contributed by atoms with E-state index in [2.05, 4.69) is 41.3 Å². The fraction of sp³-hybridized carbons (Fsp3) is 0.778. The highest BCUT2D eigenvalue weighted by Crippen LogP contribution is 2.20. The Morgan fingerprint density at radius 1 is 1.44 bits per heavy atom. The van der Waals surface area contributed by atoms with Crippen molar-refractivity contribution in [2.24, 2.45) is 10.9 Å². The Morgan fingerprint density at radius 3 is 2.88 bits per heavy atom. The van der Waals surface area contributed by atoms with Crippen LogP contribution in [0.3, 0.4) is 0 Å². The lowest BCUT2D eigenvalue weighted by molar-refractivity contribution is 0.187. The molecule has 2 heterocycles. The van der Waals surface area contributed by atoms with E-state index >= 15 is 0 Å². The van der Waals surface area contributed by atoms with E-state index in [4.69, 9.17) is 4.99 Å². The van der Waals surface area contributed by atoms with Gasteiger partial charge in [-0.15, -0.1) is 11.3 Å². The lowest BCUT2D eigenvalue weighted by atomic mass is 10.0. The summed E-state index contributed by atoms with van der Waals surface area (Å²) in [6.07, 6.45) is 5.35. The molecule has 0 bridgehead atoms. The molecule has 1 aliphatic heterocycles. The molecule has 0 amide bonds. The molecule has 0 radical (unpaired) electrons. The van der Waals surface area contributed by atoms with E-state index in [1.165, 1.54) is 32.5 Å². The van der Waals surface area contributed by atoms with Crippen LogP contribution in [0, 0.1) is 5.92 Å². The first-order chi connectivity index (χ1) is 12.2. The summed E-state index contributed by atoms with van der Waals surface area (Å²) in [4.78, 5) is 11.6. The Balaban J connectivity index is 1.67. The summed E-state index contributed by atoms with van der Waals surface area (Å²) in [6, 6.07) is 0.547. The minimum absolute atomic E-state index is 0.547. The minimum Gasteiger partial charge on any atom is -0.357 e. The highest BCUT2D eigenvalue weighted by atomic mass is 32.2. The van der Waals surface area contributed by atoms with Crippen molar-refractivity contribution in [2.75, 3.05) is 38.5 Å². The third-order valence-electron chi connectivity index (χ3n) is 4.10. The number of piperidine rings is 1. The first-order valence-electron chi connectivity index (χ1n) is 9.47. The summed E-state index contributed by atoms with van der Waals surface area (Å²) >= 11 is 3.53. The van der Waals surface area contributed by atoms with Gasteiger partial charge in [0.2, 0.25) is 0 Å². The lowest BCUT2D eigenvalue weighted by Crippen LogP contribution is -2.49. The monoisotopic (exact) mass is 383 g/mol. The van der Waals surface area contributed by atoms with Crippen molar-refractivity contribution < 1.29 is 0 Å². The number of thiazole rings is 1. The second kappa shape index (κ2) is 11.8. The highest BCUT2D eigenvalue weighted by molar-refractivity contribution is 8.00. The first-order valence-corrected chi connectivity index (χ1v) is 11.3. The molecule has 0 spiro atoms. The number of nitrogens with one attached hydrogen (secondary N) is 2. The molecule has 1 saturated heterocycles. The Hall–Kier alpha value is -0.790. The van der Waals surface area contributed by atoms with Crippen LogP contribution in [0.2, 0.25) is 0 Å². The Labute approximate surface area is 161 Å². The number of hydrogen-bond donors (Lipinski definition) is 2. The van der Waals surface area contributed by atoms with Crippen molar-refractivity contribution in [3.05, 3.63) is 11.6 Å². The maximum Gasteiger partial charge on any atom is 0.191 e. The maximum absolute atomic E-state index is 4.74. The zero-order valence-corrected chi connectivity index (χ0v) is 17.5. The van der Waals surface area contributed by atoms with E-state index < -0.39 is 0 Å². The van der Waals surface area contributed by atoms with Crippen LogP contribution >= 0.6 is 23.1 Å². The van der Waals surface area contributed by atoms with Crippen LogP contribution in [0.25, 0.3) is 0 Å². The average Bonchev–Trinajstić information content (AvgIpc) is 3.09. The molecule has 0 unspecified atom stereocenters. The molecule has 25 heavy (non-hydrogen) atoms. The smallest absolute Gasteiger partial charge is 0.191 e. The molecule has 2 N–H and O–H groups in total. The van der Waals surface area contributed by atoms with E-state index in [9.17, 15) is 0 Å². The molecule has 5 nitrogen and oxygen atoms in total. The molecule has 1 aromatic rings. The summed E-state index contributed by atoms with van der Waals surface area (Å²) < 4.78 is 1.15. The SMILES string of the molecule is CCNC(=NCCCSc1nccs1)NC1CCN(CC(C)C)CC1. The van der Waals surface area contributed by atoms with E-state index in [1.54, 1.807) is 11.3 Å². The maximum atomic E-state index is 4.74. The molecule has 1 aromatic heterocycles. The Morgan fingerprint density at radius 2 is 2.24 bits per heavy atom. The van der Waals surface area contributed by atoms with Crippen LogP contribution in [0.15, 0.2) is 20.9 Å². The van der Waals surface area contributed by atoms with Crippen molar-refractivity contribution >= 4 is 29.1 Å². The molecule has 2 rings (SSSR count). The molecule has 1 aliphatic rings. The Kier molecular flexibility index (Phi) is 9.65. The number of hydrogen-bond acceptors (Lipinski definition) is 5. The highest BCUT2D eigenvalue weighted by Gasteiger charge is 2.20. The molecule has 0 aliphatic carbocycles. The van der Waals surface area contributed by atoms with Crippen molar-refractivity contribution in [3.63, 3.8) is 0 Å². The van der Waals surface area contributed by atoms with Gasteiger partial charge in [-0.2, -0.15) is 0 Å². The molecule has 7 heteroatoms. The summed E-state index contributed by atoms with van der Waals surface area (Å²) in [5.41, 5.74) is 0. The quantitative estimate of drug-likeness (QED) is 0.297. The number of thioether (sulfide) groups is 1. The normalized spacial score (nSPS) is 17.2. The first kappa shape index (κ1) is 20.5. The van der Waals surface area contributed by atoms with Crippen molar-refractivity contribution in [2.45, 2.75) is 50.4 Å². The van der Waals surface area contributed by atoms with Crippen LogP contribution in [-0.4, -0.2) is 60.4 Å². The predicted molar refractivity (Wildman–Crippen MR) is 111 cm³/mol. The topological polar surface area (TPSA) is 52.6 Å². The van der Waals surface area contributed by atoms with Gasteiger partial charge in [-0.25, -0.2) is 4.98 Å². The van der Waals surface area contributed by atoms with Crippen LogP contribution in [-0.2, 0) is 0 Å². The van der Waals surface area contributed by atoms with Gasteiger partial charge in [-0.3, -0.25) is 4.99 Å². The number of aliphatic imine (C=N–C) groups is 1. The number of rotatable bonds is 9. The lowest BCUT2D eigenvalue weighted by Gasteiger charge is -2.34. The van der Waals surface area contributed by atoms with Gasteiger partial charge in [0.25, 0.3) is 0 Å². The zero-order chi connectivity index (χ0) is 17.9. The summed E-state index contributed by atoms with van der Waals surface area (Å²) in [6.45, 7) is 12.1. The molecule has 0 aromatic carbocycles. The summed E-state index contributed by atoms with van der Waals surface area (Å²) in [5.74, 6) is 2.80. The van der Waals surface area contributed by atoms with Gasteiger partial charge in [-0.1, -0.05) is 25.6 Å². The van der Waals surface area contributed by atoms with E-state index in [0.717, 1.165) is 41.5 Å². The largest absolute Gasteiger partial charge is 0.357 e. The number of aromatic nitrogens is 1. The van der Waals surface area contributed by atoms with Gasteiger partial charge in [0.05, 0.1) is 0 Å². The molecule has 0 saturated carbocycles. The minimum atomic E-state index is 0.547. The summed E-state index contributed by atoms with van der Waals surface area (Å²) in [5, 5.41) is 9.04. The predicted octanol–water partition coefficient (Wildman–Crippen LogP) is 3.30. The number of nitrogens with zero attached hydrogens (tertiary/aromatic N) is 3. The number of likely N-dealkylation sites (tertiary alicyclic amines) is 1. The van der Waals surface area contributed by atoms with E-state index in [1.807, 2.05) is 23.3 Å². The van der Waals surface area contributed by atoms with Gasteiger partial charge in [0.15, 0.2) is 5.96 Å². The zero-order valence-electron chi connectivity index (χ0n) is 15.8. The number of guanidine groups is 1. The van der Waals surface area contributed by atoms with Crippen molar-refractivity contribution in [1.82, 2.24) is 20.5 Å². The van der Waals surface area contributed by atoms with Gasteiger partial charge < -0.3 is 15.5 Å². The molecule has 142 valence electrons. The van der Waals surface area contributed by atoms with Crippen LogP contribution in [0.1, 0.15) is 40.0 Å². The third kappa shape index (κ3) is 8.42. The van der Waals surface area contributed by atoms with Crippen LogP contribution in [0.4, 0.5) is 0 Å². The average molecular weight is 384 g/mol. The van der Waals surface area contributed by atoms with E-state index in [-0.39, 0.29) is 0 Å². The van der Waals surface area contributed by atoms with E-state index in [0.29, 0.717) is 6.04 Å². The molecule has 0 atom stereocenters. The van der Waals surface area contributed by atoms with Crippen molar-refractivity contribution in [3.8, 4) is 0 Å². The standard InChI is InChI=1S/C18H33N5S2/c1-4-19-17(20-8-5-12-24-18-21-9-13-25-18)22-16-6-10-23(11-7-16)14-15(2)3/h9,13,15-16H,4-8,10-12,14H2,1-3H3,(H2,19,20,22). The van der Waals surface area contributed by atoms with Gasteiger partial charge in [0, 0.05) is 56.1 Å². The summed E-state index contributed by atoms with van der Waals surface area (Å²) in [7, 11) is 0. The fourth-order valence-electron chi connectivity index (χ4n) is 2.99. The van der Waals surface area contributed by atoms with Crippen molar-refractivity contribution in [1.29, 1.82) is 0 Å². The third-order valence-corrected chi connectivity index (χ3v) is 6.16. The Bertz CT molecular complexity index is 482. The van der Waals surface area contributed by atoms with Crippen LogP contribution < -0.4 is 10.6 Å². The van der Waals surface area contributed by atoms with Gasteiger partial charge >= 0.3 is 0 Å². The molecular weight excluding hydrogens is 350 g/mol. The second-order valence-corrected chi connectivity index (χ2v) is 9.11.